The largest absolute Gasteiger partial charge is 0.346 e. The number of aryl methyl sites for hydroxylation is 4. The summed E-state index contributed by atoms with van der Waals surface area (Å²) in [4.78, 5) is 28.0. The van der Waals surface area contributed by atoms with Crippen molar-refractivity contribution in [2.45, 2.75) is 39.3 Å². The first-order valence-corrected chi connectivity index (χ1v) is 11.1. The zero-order valence-corrected chi connectivity index (χ0v) is 18.4. The van der Waals surface area contributed by atoms with Crippen LogP contribution in [0.3, 0.4) is 0 Å². The Morgan fingerprint density at radius 3 is 2.75 bits per heavy atom. The number of rotatable bonds is 7. The fraction of sp³-hybridized carbons (Fsp3) is 0.318. The number of anilines is 2. The number of halogens is 2. The Balaban J connectivity index is 1.50. The predicted molar refractivity (Wildman–Crippen MR) is 119 cm³/mol. The molecule has 2 aromatic heterocycles. The van der Waals surface area contributed by atoms with E-state index in [1.165, 1.54) is 22.2 Å². The first-order chi connectivity index (χ1) is 15.4. The van der Waals surface area contributed by atoms with Crippen LogP contribution in [0.15, 0.2) is 53.1 Å². The summed E-state index contributed by atoms with van der Waals surface area (Å²) in [5.41, 5.74) is 7.70. The highest BCUT2D eigenvalue weighted by molar-refractivity contribution is 7.16. The molecule has 3 aromatic rings. The quantitative estimate of drug-likeness (QED) is 0.587. The summed E-state index contributed by atoms with van der Waals surface area (Å²) in [5.74, 6) is 0.0709. The molecule has 0 fully saturated rings. The first-order valence-electron chi connectivity index (χ1n) is 10.2. The number of hydrogen-bond donors (Lipinski definition) is 1. The molecule has 0 saturated heterocycles. The average molecular weight is 460 g/mol. The van der Waals surface area contributed by atoms with Crippen molar-refractivity contribution >= 4 is 27.9 Å². The average Bonchev–Trinajstić information content (AvgIpc) is 3.37. The normalized spacial score (nSPS) is 13.4. The molecule has 10 heteroatoms. The van der Waals surface area contributed by atoms with Gasteiger partial charge in [-0.1, -0.05) is 18.2 Å². The summed E-state index contributed by atoms with van der Waals surface area (Å²) in [6.45, 7) is 1.69. The van der Waals surface area contributed by atoms with E-state index in [1.54, 1.807) is 4.90 Å². The molecule has 0 aliphatic carbocycles. The number of hydrogen-bond acceptors (Lipinski definition) is 5. The number of para-hydroxylation sites is 1. The second-order valence-electron chi connectivity index (χ2n) is 7.63. The molecule has 1 aliphatic heterocycles. The summed E-state index contributed by atoms with van der Waals surface area (Å²) in [7, 11) is 0. The molecule has 168 valence electrons. The highest BCUT2D eigenvalue weighted by Gasteiger charge is 2.28. The molecule has 0 atom stereocenters. The lowest BCUT2D eigenvalue weighted by Crippen LogP contribution is -2.30. The lowest BCUT2D eigenvalue weighted by molar-refractivity contribution is -0.118. The van der Waals surface area contributed by atoms with E-state index in [-0.39, 0.29) is 24.6 Å². The van der Waals surface area contributed by atoms with Crippen LogP contribution in [-0.2, 0) is 30.7 Å². The van der Waals surface area contributed by atoms with Crippen molar-refractivity contribution in [3.63, 3.8) is 0 Å². The third-order valence-corrected chi connectivity index (χ3v) is 6.65. The number of nitrogens with two attached hydrogens (primary N) is 1. The van der Waals surface area contributed by atoms with Crippen LogP contribution in [0.2, 0.25) is 0 Å². The second-order valence-corrected chi connectivity index (χ2v) is 8.78. The molecule has 1 aromatic carbocycles. The first kappa shape index (κ1) is 22.1. The van der Waals surface area contributed by atoms with Gasteiger partial charge in [0.2, 0.25) is 5.91 Å². The Morgan fingerprint density at radius 1 is 1.19 bits per heavy atom. The number of aromatic nitrogens is 3. The van der Waals surface area contributed by atoms with Crippen molar-refractivity contribution in [3.05, 3.63) is 74.8 Å². The minimum Gasteiger partial charge on any atom is -0.327 e. The number of carbonyl (C=O) groups excluding carboxylic acids is 1. The van der Waals surface area contributed by atoms with Gasteiger partial charge in [-0.25, -0.2) is 9.48 Å². The van der Waals surface area contributed by atoms with E-state index in [0.717, 1.165) is 37.8 Å². The van der Waals surface area contributed by atoms with Crippen molar-refractivity contribution < 1.29 is 13.6 Å². The van der Waals surface area contributed by atoms with Gasteiger partial charge in [-0.2, -0.15) is 13.9 Å². The molecular weight excluding hydrogens is 436 g/mol. The van der Waals surface area contributed by atoms with E-state index in [9.17, 15) is 18.4 Å². The van der Waals surface area contributed by atoms with Gasteiger partial charge in [0.05, 0.1) is 12.2 Å². The van der Waals surface area contributed by atoms with E-state index in [1.807, 2.05) is 31.2 Å². The smallest absolute Gasteiger partial charge is 0.327 e. The number of fused-ring (bicyclic) bond motifs is 1. The molecule has 0 saturated carbocycles. The molecule has 32 heavy (non-hydrogen) atoms. The molecule has 0 unspecified atom stereocenters. The molecule has 0 radical (unpaired) electrons. The third-order valence-electron chi connectivity index (χ3n) is 5.52. The maximum atomic E-state index is 12.8. The standard InChI is InChI=1S/C22H23F2N5O2S/c1-14-3-2-4-15-5-7-18(30)29(20(14)15)19-8-6-17(32-19)9-10-27-13-26-28(22(27)31)12-16(11-25)21(23)24/h2-4,6,8,13H,5,7,9-12,25H2,1H3. The van der Waals surface area contributed by atoms with Crippen molar-refractivity contribution in [1.82, 2.24) is 14.3 Å². The Labute approximate surface area is 187 Å². The fourth-order valence-electron chi connectivity index (χ4n) is 3.82. The summed E-state index contributed by atoms with van der Waals surface area (Å²) >= 11 is 1.50. The monoisotopic (exact) mass is 459 g/mol. The molecule has 0 bridgehead atoms. The van der Waals surface area contributed by atoms with Gasteiger partial charge in [0.15, 0.2) is 0 Å². The zero-order valence-electron chi connectivity index (χ0n) is 17.6. The third kappa shape index (κ3) is 4.28. The van der Waals surface area contributed by atoms with E-state index in [4.69, 9.17) is 5.73 Å². The van der Waals surface area contributed by atoms with Crippen molar-refractivity contribution in [1.29, 1.82) is 0 Å². The summed E-state index contributed by atoms with van der Waals surface area (Å²) in [6.07, 6.45) is 1.22. The maximum absolute atomic E-state index is 12.8. The van der Waals surface area contributed by atoms with Crippen molar-refractivity contribution in [2.75, 3.05) is 11.4 Å². The van der Waals surface area contributed by atoms with Crippen LogP contribution in [0, 0.1) is 6.92 Å². The van der Waals surface area contributed by atoms with Crippen LogP contribution in [0.1, 0.15) is 22.4 Å². The highest BCUT2D eigenvalue weighted by atomic mass is 32.1. The molecule has 1 aliphatic rings. The number of nitrogens with zero attached hydrogens (tertiary/aromatic N) is 4. The van der Waals surface area contributed by atoms with E-state index < -0.39 is 11.8 Å². The van der Waals surface area contributed by atoms with Crippen LogP contribution in [-0.4, -0.2) is 26.8 Å². The van der Waals surface area contributed by atoms with Crippen LogP contribution in [0.25, 0.3) is 0 Å². The van der Waals surface area contributed by atoms with Gasteiger partial charge in [0.25, 0.3) is 6.08 Å². The summed E-state index contributed by atoms with van der Waals surface area (Å²) in [6, 6.07) is 9.94. The number of benzene rings is 1. The Hall–Kier alpha value is -3.11. The van der Waals surface area contributed by atoms with Gasteiger partial charge in [-0.05, 0) is 43.0 Å². The Morgan fingerprint density at radius 2 is 2.00 bits per heavy atom. The fourth-order valence-corrected chi connectivity index (χ4v) is 4.84. The molecule has 1 amide bonds. The van der Waals surface area contributed by atoms with Crippen LogP contribution >= 0.6 is 11.3 Å². The summed E-state index contributed by atoms with van der Waals surface area (Å²) in [5, 5.41) is 4.76. The van der Waals surface area contributed by atoms with Gasteiger partial charge in [-0.15, -0.1) is 11.3 Å². The van der Waals surface area contributed by atoms with Crippen molar-refractivity contribution in [2.24, 2.45) is 5.73 Å². The molecule has 2 N–H and O–H groups in total. The number of carbonyl (C=O) groups is 1. The number of amides is 1. The van der Waals surface area contributed by atoms with Crippen molar-refractivity contribution in [3.8, 4) is 0 Å². The minimum absolute atomic E-state index is 0.0709. The SMILES string of the molecule is Cc1cccc2c1N(c1ccc(CCn3cnn(CC(CN)=C(F)F)c3=O)s1)C(=O)CC2. The molecule has 3 heterocycles. The highest BCUT2D eigenvalue weighted by Crippen LogP contribution is 2.40. The minimum atomic E-state index is -1.89. The van der Waals surface area contributed by atoms with Gasteiger partial charge in [-0.3, -0.25) is 14.3 Å². The predicted octanol–water partition coefficient (Wildman–Crippen LogP) is 3.38. The lowest BCUT2D eigenvalue weighted by Gasteiger charge is -2.29. The lowest BCUT2D eigenvalue weighted by atomic mass is 9.98. The zero-order chi connectivity index (χ0) is 22.8. The second kappa shape index (κ2) is 9.17. The van der Waals surface area contributed by atoms with Gasteiger partial charge in [0.1, 0.15) is 11.3 Å². The molecular formula is C22H23F2N5O2S. The van der Waals surface area contributed by atoms with Gasteiger partial charge < -0.3 is 5.73 Å². The maximum Gasteiger partial charge on any atom is 0.346 e. The van der Waals surface area contributed by atoms with E-state index in [2.05, 4.69) is 11.2 Å². The molecule has 4 rings (SSSR count). The van der Waals surface area contributed by atoms with E-state index >= 15 is 0 Å². The van der Waals surface area contributed by atoms with E-state index in [0.29, 0.717) is 19.4 Å². The van der Waals surface area contributed by atoms with Crippen LogP contribution in [0.4, 0.5) is 19.5 Å². The molecule has 7 nitrogen and oxygen atoms in total. The van der Waals surface area contributed by atoms with Gasteiger partial charge in [0, 0.05) is 30.0 Å². The summed E-state index contributed by atoms with van der Waals surface area (Å²) < 4.78 is 28.0. The Kier molecular flexibility index (Phi) is 6.33. The van der Waals surface area contributed by atoms with Crippen LogP contribution in [0.5, 0.6) is 0 Å². The molecule has 0 spiro atoms. The van der Waals surface area contributed by atoms with Gasteiger partial charge >= 0.3 is 5.69 Å². The number of thiophene rings is 1. The van der Waals surface area contributed by atoms with Crippen LogP contribution < -0.4 is 16.3 Å². The topological polar surface area (TPSA) is 86.2 Å². The Bertz CT molecular complexity index is 1240.